The molecule has 1 heterocycles. The Hall–Kier alpha value is -1.88. The summed E-state index contributed by atoms with van der Waals surface area (Å²) in [7, 11) is 1.70. The lowest BCUT2D eigenvalue weighted by Crippen LogP contribution is -2.39. The van der Waals surface area contributed by atoms with Crippen LogP contribution in [0.1, 0.15) is 65.7 Å². The van der Waals surface area contributed by atoms with E-state index in [2.05, 4.69) is 27.7 Å². The van der Waals surface area contributed by atoms with Crippen LogP contribution in [-0.2, 0) is 11.8 Å². The van der Waals surface area contributed by atoms with Gasteiger partial charge in [-0.1, -0.05) is 45.7 Å². The lowest BCUT2D eigenvalue weighted by atomic mass is 9.91. The Bertz CT molecular complexity index is 883. The normalized spacial score (nSPS) is 13.0. The van der Waals surface area contributed by atoms with Crippen molar-refractivity contribution in [2.45, 2.75) is 59.9 Å². The molecule has 0 radical (unpaired) electrons. The Labute approximate surface area is 166 Å². The first-order valence-electron chi connectivity index (χ1n) is 9.51. The standard InChI is InChI=1S/C21H30ClN3O2/c1-7-8-11-25(18(26)13-21(3,4)5)14(2)19-23-17-10-9-15(22)12-16(17)20(27)24(19)6/h9-10,12,14H,7-8,11,13H2,1-6H3. The highest BCUT2D eigenvalue weighted by atomic mass is 35.5. The van der Waals surface area contributed by atoms with Gasteiger partial charge in [0.1, 0.15) is 5.82 Å². The van der Waals surface area contributed by atoms with Crippen LogP contribution in [0.2, 0.25) is 5.02 Å². The fourth-order valence-electron chi connectivity index (χ4n) is 3.19. The van der Waals surface area contributed by atoms with Crippen molar-refractivity contribution in [3.63, 3.8) is 0 Å². The molecule has 0 aliphatic rings. The average Bonchev–Trinajstić information content (AvgIpc) is 2.57. The maximum Gasteiger partial charge on any atom is 0.261 e. The van der Waals surface area contributed by atoms with Gasteiger partial charge in [-0.05, 0) is 37.0 Å². The fraction of sp³-hybridized carbons (Fsp3) is 0.571. The first-order chi connectivity index (χ1) is 12.5. The van der Waals surface area contributed by atoms with Crippen LogP contribution in [-0.4, -0.2) is 26.9 Å². The van der Waals surface area contributed by atoms with Gasteiger partial charge in [0.2, 0.25) is 5.91 Å². The van der Waals surface area contributed by atoms with Gasteiger partial charge in [0.05, 0.1) is 16.9 Å². The van der Waals surface area contributed by atoms with E-state index >= 15 is 0 Å². The quantitative estimate of drug-likeness (QED) is 0.716. The smallest absolute Gasteiger partial charge is 0.261 e. The zero-order valence-electron chi connectivity index (χ0n) is 17.2. The van der Waals surface area contributed by atoms with Crippen LogP contribution in [0.4, 0.5) is 0 Å². The van der Waals surface area contributed by atoms with Gasteiger partial charge in [-0.2, -0.15) is 0 Å². The van der Waals surface area contributed by atoms with Gasteiger partial charge in [0.25, 0.3) is 5.56 Å². The number of benzene rings is 1. The van der Waals surface area contributed by atoms with Crippen molar-refractivity contribution >= 4 is 28.4 Å². The number of aromatic nitrogens is 2. The zero-order valence-corrected chi connectivity index (χ0v) is 17.9. The molecule has 148 valence electrons. The Balaban J connectivity index is 2.49. The number of rotatable bonds is 6. The molecule has 0 saturated heterocycles. The van der Waals surface area contributed by atoms with Gasteiger partial charge in [0.15, 0.2) is 0 Å². The van der Waals surface area contributed by atoms with Crippen LogP contribution in [0.25, 0.3) is 10.9 Å². The summed E-state index contributed by atoms with van der Waals surface area (Å²) in [6.45, 7) is 10.9. The molecule has 6 heteroatoms. The van der Waals surface area contributed by atoms with Crippen molar-refractivity contribution in [3.8, 4) is 0 Å². The molecule has 5 nitrogen and oxygen atoms in total. The van der Waals surface area contributed by atoms with E-state index in [4.69, 9.17) is 16.6 Å². The molecule has 0 saturated carbocycles. The molecule has 0 aliphatic heterocycles. The van der Waals surface area contributed by atoms with Crippen molar-refractivity contribution in [1.82, 2.24) is 14.5 Å². The van der Waals surface area contributed by atoms with Crippen molar-refractivity contribution < 1.29 is 4.79 Å². The summed E-state index contributed by atoms with van der Waals surface area (Å²) in [5.74, 6) is 0.682. The molecule has 2 aromatic rings. The van der Waals surface area contributed by atoms with Crippen LogP contribution in [0, 0.1) is 5.41 Å². The van der Waals surface area contributed by atoms with Crippen LogP contribution >= 0.6 is 11.6 Å². The number of unbranched alkanes of at least 4 members (excludes halogenated alkanes) is 1. The number of fused-ring (bicyclic) bond motifs is 1. The minimum atomic E-state index is -0.288. The number of hydrogen-bond donors (Lipinski definition) is 0. The van der Waals surface area contributed by atoms with Crippen molar-refractivity contribution in [1.29, 1.82) is 0 Å². The second-order valence-electron chi connectivity index (χ2n) is 8.35. The third-order valence-corrected chi connectivity index (χ3v) is 4.90. The third-order valence-electron chi connectivity index (χ3n) is 4.67. The Kier molecular flexibility index (Phi) is 6.68. The second-order valence-corrected chi connectivity index (χ2v) is 8.79. The van der Waals surface area contributed by atoms with Gasteiger partial charge in [-0.15, -0.1) is 0 Å². The maximum atomic E-state index is 13.0. The van der Waals surface area contributed by atoms with E-state index in [1.807, 2.05) is 11.8 Å². The molecule has 0 fully saturated rings. The first kappa shape index (κ1) is 21.4. The third kappa shape index (κ3) is 5.10. The summed E-state index contributed by atoms with van der Waals surface area (Å²) in [6, 6.07) is 4.83. The number of hydrogen-bond acceptors (Lipinski definition) is 3. The second kappa shape index (κ2) is 8.42. The van der Waals surface area contributed by atoms with Gasteiger partial charge in [-0.25, -0.2) is 4.98 Å². The molecule has 27 heavy (non-hydrogen) atoms. The molecule has 1 atom stereocenters. The molecular formula is C21H30ClN3O2. The summed E-state index contributed by atoms with van der Waals surface area (Å²) < 4.78 is 1.53. The van der Waals surface area contributed by atoms with E-state index in [1.165, 1.54) is 4.57 Å². The topological polar surface area (TPSA) is 55.2 Å². The van der Waals surface area contributed by atoms with Crippen LogP contribution in [0.5, 0.6) is 0 Å². The highest BCUT2D eigenvalue weighted by Gasteiger charge is 2.27. The molecule has 0 spiro atoms. The Morgan fingerprint density at radius 2 is 2.00 bits per heavy atom. The van der Waals surface area contributed by atoms with Crippen LogP contribution < -0.4 is 5.56 Å². The minimum absolute atomic E-state index is 0.0916. The lowest BCUT2D eigenvalue weighted by Gasteiger charge is -2.32. The number of halogens is 1. The van der Waals surface area contributed by atoms with E-state index in [9.17, 15) is 9.59 Å². The molecule has 0 bridgehead atoms. The summed E-state index contributed by atoms with van der Waals surface area (Å²) in [5, 5.41) is 0.995. The monoisotopic (exact) mass is 391 g/mol. The minimum Gasteiger partial charge on any atom is -0.333 e. The largest absolute Gasteiger partial charge is 0.333 e. The molecule has 0 aliphatic carbocycles. The SMILES string of the molecule is CCCCN(C(=O)CC(C)(C)C)C(C)c1nc2ccc(Cl)cc2c(=O)n1C. The van der Waals surface area contributed by atoms with E-state index in [1.54, 1.807) is 25.2 Å². The summed E-state index contributed by atoms with van der Waals surface area (Å²) in [6.07, 6.45) is 2.37. The Morgan fingerprint density at radius 1 is 1.33 bits per heavy atom. The predicted molar refractivity (Wildman–Crippen MR) is 111 cm³/mol. The number of carbonyl (C=O) groups excluding carboxylic acids is 1. The number of carbonyl (C=O) groups is 1. The van der Waals surface area contributed by atoms with Gasteiger partial charge in [0, 0.05) is 25.0 Å². The van der Waals surface area contributed by atoms with Gasteiger partial charge >= 0.3 is 0 Å². The molecule has 2 rings (SSSR count). The summed E-state index contributed by atoms with van der Waals surface area (Å²) in [4.78, 5) is 32.3. The summed E-state index contributed by atoms with van der Waals surface area (Å²) in [5.41, 5.74) is 0.354. The molecule has 1 aromatic carbocycles. The molecular weight excluding hydrogens is 362 g/mol. The van der Waals surface area contributed by atoms with Crippen LogP contribution in [0.3, 0.4) is 0 Å². The highest BCUT2D eigenvalue weighted by Crippen LogP contribution is 2.26. The fourth-order valence-corrected chi connectivity index (χ4v) is 3.36. The predicted octanol–water partition coefficient (Wildman–Crippen LogP) is 4.71. The van der Waals surface area contributed by atoms with Crippen LogP contribution in [0.15, 0.2) is 23.0 Å². The maximum absolute atomic E-state index is 13.0. The highest BCUT2D eigenvalue weighted by molar-refractivity contribution is 6.31. The van der Waals surface area contributed by atoms with Crippen molar-refractivity contribution in [3.05, 3.63) is 39.4 Å². The average molecular weight is 392 g/mol. The van der Waals surface area contributed by atoms with E-state index in [-0.39, 0.29) is 22.9 Å². The van der Waals surface area contributed by atoms with E-state index < -0.39 is 0 Å². The summed E-state index contributed by atoms with van der Waals surface area (Å²) >= 11 is 6.03. The van der Waals surface area contributed by atoms with Gasteiger partial charge in [-0.3, -0.25) is 14.2 Å². The Morgan fingerprint density at radius 3 is 2.59 bits per heavy atom. The molecule has 0 N–H and O–H groups in total. The molecule has 1 amide bonds. The molecule has 1 unspecified atom stereocenters. The molecule has 1 aromatic heterocycles. The lowest BCUT2D eigenvalue weighted by molar-refractivity contribution is -0.135. The van der Waals surface area contributed by atoms with E-state index in [0.717, 1.165) is 12.8 Å². The van der Waals surface area contributed by atoms with E-state index in [0.29, 0.717) is 34.7 Å². The zero-order chi connectivity index (χ0) is 20.4. The van der Waals surface area contributed by atoms with Crippen molar-refractivity contribution in [2.24, 2.45) is 12.5 Å². The van der Waals surface area contributed by atoms with Crippen molar-refractivity contribution in [2.75, 3.05) is 6.54 Å². The van der Waals surface area contributed by atoms with Gasteiger partial charge < -0.3 is 4.90 Å². The number of amides is 1. The first-order valence-corrected chi connectivity index (χ1v) is 9.88. The number of nitrogens with zero attached hydrogens (tertiary/aromatic N) is 3.